The van der Waals surface area contributed by atoms with Crippen molar-refractivity contribution in [1.82, 2.24) is 15.5 Å². The maximum Gasteiger partial charge on any atom is 0.191 e. The molecular formula is C18H31IN4. The summed E-state index contributed by atoms with van der Waals surface area (Å²) in [5, 5.41) is 6.94. The lowest BCUT2D eigenvalue weighted by Gasteiger charge is -2.17. The van der Waals surface area contributed by atoms with Crippen molar-refractivity contribution in [2.24, 2.45) is 4.99 Å². The molecule has 0 saturated heterocycles. The van der Waals surface area contributed by atoms with Crippen LogP contribution in [0.5, 0.6) is 0 Å². The molecule has 1 aromatic carbocycles. The Morgan fingerprint density at radius 1 is 1.17 bits per heavy atom. The second kappa shape index (κ2) is 10.9. The highest BCUT2D eigenvalue weighted by molar-refractivity contribution is 14.0. The maximum atomic E-state index is 4.79. The van der Waals surface area contributed by atoms with Crippen LogP contribution < -0.4 is 10.6 Å². The molecule has 0 aliphatic heterocycles. The van der Waals surface area contributed by atoms with Crippen molar-refractivity contribution < 1.29 is 0 Å². The zero-order chi connectivity index (χ0) is 15.8. The minimum Gasteiger partial charge on any atom is -0.357 e. The molecule has 4 nitrogen and oxygen atoms in total. The number of guanidine groups is 1. The Hall–Kier alpha value is -0.820. The summed E-state index contributed by atoms with van der Waals surface area (Å²) >= 11 is 0. The standard InChI is InChI=1S/C18H30N4.HI/c1-4-19-18(21-17-11-7-8-12-17)20-13-15-9-5-6-10-16(15)14-22(2)3;/h5-6,9-10,17H,4,7-8,11-14H2,1-3H3,(H2,19,20,21);1H. The Bertz CT molecular complexity index is 482. The van der Waals surface area contributed by atoms with E-state index in [9.17, 15) is 0 Å². The highest BCUT2D eigenvalue weighted by Crippen LogP contribution is 2.17. The Balaban J connectivity index is 0.00000264. The first-order valence-electron chi connectivity index (χ1n) is 8.45. The minimum absolute atomic E-state index is 0. The fourth-order valence-electron chi connectivity index (χ4n) is 2.95. The molecule has 1 saturated carbocycles. The van der Waals surface area contributed by atoms with Crippen molar-refractivity contribution in [3.63, 3.8) is 0 Å². The summed E-state index contributed by atoms with van der Waals surface area (Å²) in [5.74, 6) is 0.953. The zero-order valence-electron chi connectivity index (χ0n) is 14.6. The van der Waals surface area contributed by atoms with E-state index in [4.69, 9.17) is 4.99 Å². The summed E-state index contributed by atoms with van der Waals surface area (Å²) in [6, 6.07) is 9.17. The first-order valence-corrected chi connectivity index (χ1v) is 8.45. The van der Waals surface area contributed by atoms with Crippen molar-refractivity contribution in [3.8, 4) is 0 Å². The highest BCUT2D eigenvalue weighted by Gasteiger charge is 2.15. The van der Waals surface area contributed by atoms with Crippen molar-refractivity contribution in [1.29, 1.82) is 0 Å². The third kappa shape index (κ3) is 7.08. The van der Waals surface area contributed by atoms with E-state index < -0.39 is 0 Å². The van der Waals surface area contributed by atoms with Gasteiger partial charge in [0, 0.05) is 19.1 Å². The molecule has 0 atom stereocenters. The van der Waals surface area contributed by atoms with Gasteiger partial charge in [-0.05, 0) is 45.0 Å². The van der Waals surface area contributed by atoms with Crippen LogP contribution in [0.3, 0.4) is 0 Å². The molecule has 0 bridgehead atoms. The molecule has 23 heavy (non-hydrogen) atoms. The number of nitrogens with zero attached hydrogens (tertiary/aromatic N) is 2. The summed E-state index contributed by atoms with van der Waals surface area (Å²) in [6.45, 7) is 4.70. The molecule has 1 aliphatic rings. The maximum absolute atomic E-state index is 4.79. The van der Waals surface area contributed by atoms with Crippen LogP contribution in [0.2, 0.25) is 0 Å². The Labute approximate surface area is 158 Å². The van der Waals surface area contributed by atoms with Gasteiger partial charge in [-0.3, -0.25) is 0 Å². The van der Waals surface area contributed by atoms with Crippen LogP contribution in [-0.2, 0) is 13.1 Å². The van der Waals surface area contributed by atoms with E-state index >= 15 is 0 Å². The number of halogens is 1. The molecule has 2 N–H and O–H groups in total. The number of nitrogens with one attached hydrogen (secondary N) is 2. The summed E-state index contributed by atoms with van der Waals surface area (Å²) in [4.78, 5) is 6.99. The van der Waals surface area contributed by atoms with Gasteiger partial charge >= 0.3 is 0 Å². The smallest absolute Gasteiger partial charge is 0.191 e. The lowest BCUT2D eigenvalue weighted by Crippen LogP contribution is -2.42. The molecule has 5 heteroatoms. The van der Waals surface area contributed by atoms with Gasteiger partial charge in [0.2, 0.25) is 0 Å². The number of hydrogen-bond donors (Lipinski definition) is 2. The number of rotatable bonds is 6. The van der Waals surface area contributed by atoms with E-state index in [2.05, 4.69) is 60.8 Å². The molecule has 2 rings (SSSR count). The molecule has 0 aromatic heterocycles. The van der Waals surface area contributed by atoms with E-state index in [1.54, 1.807) is 0 Å². The van der Waals surface area contributed by atoms with Crippen molar-refractivity contribution in [2.75, 3.05) is 20.6 Å². The van der Waals surface area contributed by atoms with Crippen molar-refractivity contribution in [3.05, 3.63) is 35.4 Å². The molecule has 0 heterocycles. The largest absolute Gasteiger partial charge is 0.357 e. The third-order valence-electron chi connectivity index (χ3n) is 4.05. The van der Waals surface area contributed by atoms with Crippen LogP contribution in [0.15, 0.2) is 29.3 Å². The fraction of sp³-hybridized carbons (Fsp3) is 0.611. The van der Waals surface area contributed by atoms with E-state index in [-0.39, 0.29) is 24.0 Å². The second-order valence-electron chi connectivity index (χ2n) is 6.33. The van der Waals surface area contributed by atoms with Crippen LogP contribution in [0.1, 0.15) is 43.7 Å². The van der Waals surface area contributed by atoms with Crippen molar-refractivity contribution >= 4 is 29.9 Å². The van der Waals surface area contributed by atoms with E-state index in [0.29, 0.717) is 6.04 Å². The molecule has 1 aliphatic carbocycles. The first kappa shape index (κ1) is 20.2. The van der Waals surface area contributed by atoms with Gasteiger partial charge in [0.25, 0.3) is 0 Å². The zero-order valence-corrected chi connectivity index (χ0v) is 17.0. The topological polar surface area (TPSA) is 39.7 Å². The van der Waals surface area contributed by atoms with E-state index in [1.165, 1.54) is 36.8 Å². The normalized spacial score (nSPS) is 15.6. The minimum atomic E-state index is 0. The summed E-state index contributed by atoms with van der Waals surface area (Å²) in [6.07, 6.45) is 5.20. The van der Waals surface area contributed by atoms with Gasteiger partial charge in [0.1, 0.15) is 0 Å². The van der Waals surface area contributed by atoms with Gasteiger partial charge in [-0.1, -0.05) is 37.1 Å². The van der Waals surface area contributed by atoms with E-state index in [0.717, 1.165) is 25.6 Å². The summed E-state index contributed by atoms with van der Waals surface area (Å²) in [7, 11) is 4.21. The van der Waals surface area contributed by atoms with Gasteiger partial charge in [-0.2, -0.15) is 0 Å². The van der Waals surface area contributed by atoms with Crippen LogP contribution >= 0.6 is 24.0 Å². The predicted molar refractivity (Wildman–Crippen MR) is 109 cm³/mol. The predicted octanol–water partition coefficient (Wildman–Crippen LogP) is 3.36. The number of aliphatic imine (C=N–C) groups is 1. The Morgan fingerprint density at radius 3 is 2.43 bits per heavy atom. The second-order valence-corrected chi connectivity index (χ2v) is 6.33. The van der Waals surface area contributed by atoms with Crippen LogP contribution in [0.25, 0.3) is 0 Å². The molecular weight excluding hydrogens is 399 g/mol. The molecule has 0 unspecified atom stereocenters. The monoisotopic (exact) mass is 430 g/mol. The van der Waals surface area contributed by atoms with Crippen LogP contribution in [0.4, 0.5) is 0 Å². The molecule has 0 radical (unpaired) electrons. The van der Waals surface area contributed by atoms with Crippen molar-refractivity contribution in [2.45, 2.75) is 51.7 Å². The molecule has 1 aromatic rings. The van der Waals surface area contributed by atoms with E-state index in [1.807, 2.05) is 0 Å². The van der Waals surface area contributed by atoms with Gasteiger partial charge in [0.05, 0.1) is 6.54 Å². The lowest BCUT2D eigenvalue weighted by molar-refractivity contribution is 0.401. The lowest BCUT2D eigenvalue weighted by atomic mass is 10.1. The number of benzene rings is 1. The fourth-order valence-corrected chi connectivity index (χ4v) is 2.95. The SMILES string of the molecule is CCNC(=NCc1ccccc1CN(C)C)NC1CCCC1.I. The molecule has 130 valence electrons. The average molecular weight is 430 g/mol. The van der Waals surface area contributed by atoms with Crippen LogP contribution in [0, 0.1) is 0 Å². The van der Waals surface area contributed by atoms with Crippen LogP contribution in [-0.4, -0.2) is 37.5 Å². The summed E-state index contributed by atoms with van der Waals surface area (Å²) < 4.78 is 0. The first-order chi connectivity index (χ1) is 10.7. The quantitative estimate of drug-likeness (QED) is 0.413. The highest BCUT2D eigenvalue weighted by atomic mass is 127. The van der Waals surface area contributed by atoms with Gasteiger partial charge in [-0.25, -0.2) is 4.99 Å². The van der Waals surface area contributed by atoms with Gasteiger partial charge in [0.15, 0.2) is 5.96 Å². The van der Waals surface area contributed by atoms with Gasteiger partial charge in [-0.15, -0.1) is 24.0 Å². The molecule has 0 spiro atoms. The Morgan fingerprint density at radius 2 is 1.83 bits per heavy atom. The van der Waals surface area contributed by atoms with Gasteiger partial charge < -0.3 is 15.5 Å². The molecule has 0 amide bonds. The average Bonchev–Trinajstić information content (AvgIpc) is 2.99. The Kier molecular flexibility index (Phi) is 9.55. The molecule has 1 fully saturated rings. The third-order valence-corrected chi connectivity index (χ3v) is 4.05. The number of hydrogen-bond acceptors (Lipinski definition) is 2. The summed E-state index contributed by atoms with van der Waals surface area (Å²) in [5.41, 5.74) is 2.66.